The van der Waals surface area contributed by atoms with Crippen molar-refractivity contribution in [3.63, 3.8) is 0 Å². The van der Waals surface area contributed by atoms with Gasteiger partial charge in [0, 0.05) is 53.5 Å². The van der Waals surface area contributed by atoms with E-state index in [-0.39, 0.29) is 23.9 Å². The van der Waals surface area contributed by atoms with Gasteiger partial charge in [-0.1, -0.05) is 67.8 Å². The third-order valence-corrected chi connectivity index (χ3v) is 16.8. The molecule has 0 spiro atoms. The van der Waals surface area contributed by atoms with Gasteiger partial charge in [-0.2, -0.15) is 0 Å². The molecule has 432 valence electrons. The lowest BCUT2D eigenvalue weighted by molar-refractivity contribution is 0.273. The molecule has 6 aromatic carbocycles. The zero-order valence-electron chi connectivity index (χ0n) is 47.9. The number of unbranched alkanes of at least 4 members (excludes halogenated alkanes) is 6. The second-order valence-corrected chi connectivity index (χ2v) is 22.9. The van der Waals surface area contributed by atoms with Gasteiger partial charge >= 0.3 is 0 Å². The quantitative estimate of drug-likeness (QED) is 0.0405. The Bertz CT molecular complexity index is 3320. The fraction of sp³-hybridized carbons (Fsp3) is 0.400. The molecule has 12 nitrogen and oxygen atoms in total. The van der Waals surface area contributed by atoms with Gasteiger partial charge in [0.05, 0.1) is 17.7 Å². The van der Waals surface area contributed by atoms with Crippen LogP contribution < -0.4 is 4.74 Å². The number of phenolic OH excluding ortho intramolecular Hbond substituents is 3. The molecule has 83 heavy (non-hydrogen) atoms. The molecule has 12 rings (SSSR count). The second-order valence-electron chi connectivity index (χ2n) is 22.6. The lowest BCUT2D eigenvalue weighted by atomic mass is 9.90. The third-order valence-electron chi connectivity index (χ3n) is 16.5. The minimum atomic E-state index is -0.0565. The van der Waals surface area contributed by atoms with Crippen molar-refractivity contribution in [2.45, 2.75) is 154 Å². The largest absolute Gasteiger partial charge is 0.508 e. The fourth-order valence-electron chi connectivity index (χ4n) is 11.8. The molecule has 5 N–H and O–H groups in total. The van der Waals surface area contributed by atoms with E-state index < -0.39 is 0 Å². The van der Waals surface area contributed by atoms with Crippen molar-refractivity contribution in [2.24, 2.45) is 0 Å². The van der Waals surface area contributed by atoms with Gasteiger partial charge < -0.3 is 30.3 Å². The van der Waals surface area contributed by atoms with Crippen LogP contribution in [0.2, 0.25) is 0 Å². The number of aliphatic hydroxyl groups excluding tert-OH is 2. The van der Waals surface area contributed by atoms with Crippen LogP contribution in [0.1, 0.15) is 147 Å². The molecule has 0 atom stereocenters. The average molecular weight is 1140 g/mol. The number of aliphatic hydroxyl groups is 2. The van der Waals surface area contributed by atoms with Gasteiger partial charge in [0.2, 0.25) is 0 Å². The van der Waals surface area contributed by atoms with Crippen LogP contribution in [0.3, 0.4) is 0 Å². The molecule has 0 bridgehead atoms. The Balaban J connectivity index is 0.000000166. The Morgan fingerprint density at radius 2 is 0.675 bits per heavy atom. The summed E-state index contributed by atoms with van der Waals surface area (Å²) >= 11 is 5.42. The zero-order chi connectivity index (χ0) is 57.3. The second kappa shape index (κ2) is 29.3. The number of ether oxygens (including phenoxy) is 1. The molecule has 0 saturated carbocycles. The highest BCUT2D eigenvalue weighted by Gasteiger charge is 2.21. The lowest BCUT2D eigenvalue weighted by Crippen LogP contribution is -2.05. The number of nitrogens with zero attached hydrogens (tertiary/aromatic N) is 6. The minimum absolute atomic E-state index is 0.000118. The van der Waals surface area contributed by atoms with Crippen LogP contribution in [0.5, 0.6) is 23.0 Å². The predicted octanol–water partition coefficient (Wildman–Crippen LogP) is 15.1. The summed E-state index contributed by atoms with van der Waals surface area (Å²) in [6.45, 7) is 1.12. The molecule has 8 aromatic rings. The van der Waals surface area contributed by atoms with Gasteiger partial charge in [-0.3, -0.25) is 0 Å². The number of hydrogen-bond acceptors (Lipinski definition) is 12. The topological polar surface area (TPSA) is 188 Å². The van der Waals surface area contributed by atoms with E-state index in [2.05, 4.69) is 72.8 Å². The first-order valence-electron chi connectivity index (χ1n) is 30.5. The summed E-state index contributed by atoms with van der Waals surface area (Å²) in [5.74, 6) is 4.69. The first-order chi connectivity index (χ1) is 40.7. The van der Waals surface area contributed by atoms with Crippen LogP contribution >= 0.6 is 11.6 Å². The number of benzene rings is 6. The minimum Gasteiger partial charge on any atom is -0.508 e. The van der Waals surface area contributed by atoms with Gasteiger partial charge in [0.25, 0.3) is 0 Å². The summed E-state index contributed by atoms with van der Waals surface area (Å²) in [6, 6.07) is 36.0. The summed E-state index contributed by atoms with van der Waals surface area (Å²) in [6.07, 6.45) is 26.7. The molecule has 0 fully saturated rings. The maximum atomic E-state index is 11.0. The van der Waals surface area contributed by atoms with E-state index in [1.165, 1.54) is 108 Å². The average Bonchev–Trinajstić information content (AvgIpc) is 3.71. The number of phenols is 3. The molecule has 0 amide bonds. The van der Waals surface area contributed by atoms with Crippen LogP contribution in [-0.2, 0) is 51.4 Å². The predicted molar refractivity (Wildman–Crippen MR) is 331 cm³/mol. The van der Waals surface area contributed by atoms with Crippen LogP contribution in [-0.4, -0.2) is 81.1 Å². The Morgan fingerprint density at radius 3 is 1.04 bits per heavy atom. The maximum Gasteiger partial charge on any atom is 0.167 e. The molecule has 2 heterocycles. The number of rotatable bonds is 18. The van der Waals surface area contributed by atoms with Crippen molar-refractivity contribution in [1.29, 1.82) is 0 Å². The van der Waals surface area contributed by atoms with Crippen molar-refractivity contribution in [1.82, 2.24) is 29.9 Å². The normalized spacial score (nSPS) is 14.2. The molecule has 0 aliphatic heterocycles. The Hall–Kier alpha value is -7.25. The van der Waals surface area contributed by atoms with Crippen molar-refractivity contribution >= 4 is 11.6 Å². The molecule has 2 aromatic heterocycles. The summed E-state index contributed by atoms with van der Waals surface area (Å²) < 4.78 is 5.87. The van der Waals surface area contributed by atoms with E-state index in [4.69, 9.17) is 56.5 Å². The Morgan fingerprint density at radius 1 is 0.337 bits per heavy atom. The smallest absolute Gasteiger partial charge is 0.167 e. The summed E-state index contributed by atoms with van der Waals surface area (Å²) in [5, 5.41) is 48.6. The molecule has 4 aliphatic rings. The van der Waals surface area contributed by atoms with Crippen molar-refractivity contribution < 1.29 is 30.3 Å². The molecule has 4 aliphatic carbocycles. The SMILES string of the molecule is OCCCCCCCl.OCCCCCCOc1ccc(-c2nc(-c3ccc4c(c3)CCCC4)nc(-c3ccc4c(c3)CCCC4)n2)c(O)c1.Oc1ccc(-c2nc(-c3ccc4c(c3)CCCC4)nc(-c3ccc4c(c3)CCCC4)n2)c(O)c1. The number of aromatic nitrogens is 6. The molecular formula is C70H79ClN6O6. The summed E-state index contributed by atoms with van der Waals surface area (Å²) in [7, 11) is 0. The highest BCUT2D eigenvalue weighted by atomic mass is 35.5. The number of halogens is 1. The van der Waals surface area contributed by atoms with Crippen LogP contribution in [0.15, 0.2) is 109 Å². The highest BCUT2D eigenvalue weighted by molar-refractivity contribution is 6.17. The molecule has 13 heteroatoms. The molecule has 0 radical (unpaired) electrons. The lowest BCUT2D eigenvalue weighted by Gasteiger charge is -2.18. The van der Waals surface area contributed by atoms with Gasteiger partial charge in [0.15, 0.2) is 34.9 Å². The van der Waals surface area contributed by atoms with Crippen LogP contribution in [0.4, 0.5) is 0 Å². The number of aromatic hydroxyl groups is 3. The van der Waals surface area contributed by atoms with Gasteiger partial charge in [-0.25, -0.2) is 29.9 Å². The standard InChI is InChI=1S/C35H39N3O3.C29H27N3O2.C6H13ClO/c39-19-7-1-2-8-20-41-30-17-18-31(32(40)23-30)35-37-33(28-15-13-24-9-3-5-11-26(24)21-28)36-34(38-35)29-16-14-25-10-4-6-12-27(25)22-29;33-24-13-14-25(26(34)17-24)29-31-27(22-11-9-18-5-1-3-7-20(18)15-22)30-28(32-29)23-12-10-19-6-2-4-8-21(19)16-23;7-5-3-1-2-4-6-8/h13-18,21-23,39-40H,1-12,19-20H2;9-17,33-34H,1-8H2;8H,1-6H2. The van der Waals surface area contributed by atoms with Crippen LogP contribution in [0, 0.1) is 0 Å². The monoisotopic (exact) mass is 1130 g/mol. The first-order valence-corrected chi connectivity index (χ1v) is 31.0. The van der Waals surface area contributed by atoms with Gasteiger partial charge in [0.1, 0.15) is 23.0 Å². The first kappa shape index (κ1) is 58.9. The summed E-state index contributed by atoms with van der Waals surface area (Å²) in [4.78, 5) is 29.2. The number of hydrogen-bond donors (Lipinski definition) is 5. The van der Waals surface area contributed by atoms with E-state index >= 15 is 0 Å². The molecular weight excluding hydrogens is 1060 g/mol. The highest BCUT2D eigenvalue weighted by Crippen LogP contribution is 2.37. The zero-order valence-corrected chi connectivity index (χ0v) is 48.7. The third kappa shape index (κ3) is 15.5. The maximum absolute atomic E-state index is 11.0. The van der Waals surface area contributed by atoms with Crippen molar-refractivity contribution in [2.75, 3.05) is 25.7 Å². The Labute approximate surface area is 494 Å². The van der Waals surface area contributed by atoms with E-state index in [0.717, 1.165) is 131 Å². The molecule has 0 unspecified atom stereocenters. The van der Waals surface area contributed by atoms with E-state index in [9.17, 15) is 15.3 Å². The summed E-state index contributed by atoms with van der Waals surface area (Å²) in [5.41, 5.74) is 16.1. The van der Waals surface area contributed by atoms with E-state index in [1.54, 1.807) is 12.1 Å². The van der Waals surface area contributed by atoms with Gasteiger partial charge in [-0.15, -0.1) is 11.6 Å². The van der Waals surface area contributed by atoms with Gasteiger partial charge in [-0.05, 0) is 228 Å². The van der Waals surface area contributed by atoms with Crippen LogP contribution in [0.25, 0.3) is 68.3 Å². The van der Waals surface area contributed by atoms with Crippen molar-refractivity contribution in [3.05, 3.63) is 154 Å². The number of aryl methyl sites for hydroxylation is 8. The number of alkyl halides is 1. The molecule has 0 saturated heterocycles. The fourth-order valence-corrected chi connectivity index (χ4v) is 12.0. The van der Waals surface area contributed by atoms with E-state index in [1.807, 2.05) is 12.1 Å². The van der Waals surface area contributed by atoms with E-state index in [0.29, 0.717) is 65.0 Å². The van der Waals surface area contributed by atoms with Crippen molar-refractivity contribution in [3.8, 4) is 91.3 Å². The Kier molecular flexibility index (Phi) is 20.8. The number of fused-ring (bicyclic) bond motifs is 4.